The lowest BCUT2D eigenvalue weighted by molar-refractivity contribution is 0.102. The number of carbonyl (C=O) groups is 1. The molecule has 0 saturated carbocycles. The third-order valence-electron chi connectivity index (χ3n) is 5.54. The fourth-order valence-corrected chi connectivity index (χ4v) is 3.89. The van der Waals surface area contributed by atoms with Crippen LogP contribution in [-0.2, 0) is 0 Å². The van der Waals surface area contributed by atoms with E-state index in [1.54, 1.807) is 13.3 Å². The molecule has 2 heterocycles. The lowest BCUT2D eigenvalue weighted by Crippen LogP contribution is -2.29. The smallest absolute Gasteiger partial charge is 0.259 e. The molecule has 0 bridgehead atoms. The number of hydrogen-bond acceptors (Lipinski definition) is 4. The minimum absolute atomic E-state index is 0.190. The molecule has 4 rings (SSSR count). The summed E-state index contributed by atoms with van der Waals surface area (Å²) in [6.07, 6.45) is 3.99. The summed E-state index contributed by atoms with van der Waals surface area (Å²) in [7, 11) is 3.77. The predicted molar refractivity (Wildman–Crippen MR) is 112 cm³/mol. The highest BCUT2D eigenvalue weighted by Gasteiger charge is 2.21. The maximum absolute atomic E-state index is 12.9. The van der Waals surface area contributed by atoms with Crippen molar-refractivity contribution in [3.05, 3.63) is 65.9 Å². The molecule has 3 aromatic rings. The zero-order chi connectivity index (χ0) is 19.5. The molecule has 1 fully saturated rings. The standard InChI is InChI=1S/C23H25N3O2/c1-26-13-10-16(11-14-26)18-8-9-19(21(15-18)28-2)23(27)25-20-7-3-5-17-6-4-12-24-22(17)20/h3-9,12,15-16H,10-11,13-14H2,1-2H3,(H,25,27). The number of carbonyl (C=O) groups excluding carboxylic acids is 1. The number of pyridine rings is 1. The highest BCUT2D eigenvalue weighted by atomic mass is 16.5. The van der Waals surface area contributed by atoms with E-state index in [4.69, 9.17) is 4.74 Å². The summed E-state index contributed by atoms with van der Waals surface area (Å²) in [4.78, 5) is 19.7. The number of likely N-dealkylation sites (tertiary alicyclic amines) is 1. The Labute approximate surface area is 165 Å². The maximum atomic E-state index is 12.9. The van der Waals surface area contributed by atoms with Crippen molar-refractivity contribution in [2.24, 2.45) is 0 Å². The third-order valence-corrected chi connectivity index (χ3v) is 5.54. The molecule has 28 heavy (non-hydrogen) atoms. The molecule has 0 atom stereocenters. The second-order valence-corrected chi connectivity index (χ2v) is 7.37. The highest BCUT2D eigenvalue weighted by Crippen LogP contribution is 2.32. The molecule has 1 aromatic heterocycles. The Morgan fingerprint density at radius 2 is 1.93 bits per heavy atom. The van der Waals surface area contributed by atoms with Gasteiger partial charge in [0, 0.05) is 11.6 Å². The van der Waals surface area contributed by atoms with Gasteiger partial charge in [-0.2, -0.15) is 0 Å². The van der Waals surface area contributed by atoms with Crippen LogP contribution < -0.4 is 10.1 Å². The molecule has 1 saturated heterocycles. The molecule has 1 N–H and O–H groups in total. The normalized spacial score (nSPS) is 15.5. The maximum Gasteiger partial charge on any atom is 0.259 e. The summed E-state index contributed by atoms with van der Waals surface area (Å²) in [6, 6.07) is 15.6. The van der Waals surface area contributed by atoms with Crippen LogP contribution in [0.15, 0.2) is 54.7 Å². The lowest BCUT2D eigenvalue weighted by atomic mass is 9.89. The summed E-state index contributed by atoms with van der Waals surface area (Å²) >= 11 is 0. The van der Waals surface area contributed by atoms with Crippen LogP contribution in [-0.4, -0.2) is 43.0 Å². The van der Waals surface area contributed by atoms with Gasteiger partial charge < -0.3 is 15.0 Å². The lowest BCUT2D eigenvalue weighted by Gasteiger charge is -2.29. The number of ether oxygens (including phenoxy) is 1. The summed E-state index contributed by atoms with van der Waals surface area (Å²) in [5.41, 5.74) is 3.25. The van der Waals surface area contributed by atoms with Crippen LogP contribution >= 0.6 is 0 Å². The van der Waals surface area contributed by atoms with Gasteiger partial charge in [-0.25, -0.2) is 0 Å². The first-order valence-corrected chi connectivity index (χ1v) is 9.67. The van der Waals surface area contributed by atoms with E-state index in [1.165, 1.54) is 5.56 Å². The van der Waals surface area contributed by atoms with Gasteiger partial charge in [-0.05, 0) is 68.7 Å². The number of para-hydroxylation sites is 1. The van der Waals surface area contributed by atoms with Crippen molar-refractivity contribution in [2.75, 3.05) is 32.6 Å². The Morgan fingerprint density at radius 1 is 1.14 bits per heavy atom. The van der Waals surface area contributed by atoms with E-state index in [-0.39, 0.29) is 5.91 Å². The molecule has 5 nitrogen and oxygen atoms in total. The molecule has 2 aromatic carbocycles. The SMILES string of the molecule is COc1cc(C2CCN(C)CC2)ccc1C(=O)Nc1cccc2cccnc12. The van der Waals surface area contributed by atoms with E-state index in [9.17, 15) is 4.79 Å². The number of methoxy groups -OCH3 is 1. The fourth-order valence-electron chi connectivity index (χ4n) is 3.89. The van der Waals surface area contributed by atoms with Crippen LogP contribution in [0.1, 0.15) is 34.7 Å². The first kappa shape index (κ1) is 18.4. The molecule has 1 amide bonds. The van der Waals surface area contributed by atoms with Gasteiger partial charge in [0.05, 0.1) is 23.9 Å². The first-order chi connectivity index (χ1) is 13.7. The molecular weight excluding hydrogens is 350 g/mol. The van der Waals surface area contributed by atoms with Crippen molar-refractivity contribution in [3.8, 4) is 5.75 Å². The van der Waals surface area contributed by atoms with E-state index in [2.05, 4.69) is 28.3 Å². The van der Waals surface area contributed by atoms with Crippen molar-refractivity contribution in [2.45, 2.75) is 18.8 Å². The molecule has 0 unspecified atom stereocenters. The number of piperidine rings is 1. The van der Waals surface area contributed by atoms with Crippen molar-refractivity contribution < 1.29 is 9.53 Å². The van der Waals surface area contributed by atoms with E-state index in [0.717, 1.165) is 36.8 Å². The third kappa shape index (κ3) is 3.71. The van der Waals surface area contributed by atoms with Gasteiger partial charge >= 0.3 is 0 Å². The van der Waals surface area contributed by atoms with E-state index in [1.807, 2.05) is 42.5 Å². The minimum Gasteiger partial charge on any atom is -0.496 e. The number of anilines is 1. The number of nitrogens with one attached hydrogen (secondary N) is 1. The van der Waals surface area contributed by atoms with E-state index < -0.39 is 0 Å². The van der Waals surface area contributed by atoms with Gasteiger partial charge in [-0.1, -0.05) is 24.3 Å². The van der Waals surface area contributed by atoms with E-state index in [0.29, 0.717) is 22.9 Å². The number of rotatable bonds is 4. The predicted octanol–water partition coefficient (Wildman–Crippen LogP) is 4.30. The van der Waals surface area contributed by atoms with Gasteiger partial charge in [-0.15, -0.1) is 0 Å². The molecule has 5 heteroatoms. The van der Waals surface area contributed by atoms with Gasteiger partial charge in [-0.3, -0.25) is 9.78 Å². The number of fused-ring (bicyclic) bond motifs is 1. The van der Waals surface area contributed by atoms with Gasteiger partial charge in [0.1, 0.15) is 5.75 Å². The summed E-state index contributed by atoms with van der Waals surface area (Å²) < 4.78 is 5.56. The molecule has 0 spiro atoms. The van der Waals surface area contributed by atoms with Gasteiger partial charge in [0.25, 0.3) is 5.91 Å². The summed E-state index contributed by atoms with van der Waals surface area (Å²) in [5.74, 6) is 0.941. The van der Waals surface area contributed by atoms with Crippen LogP contribution in [0.2, 0.25) is 0 Å². The number of amides is 1. The van der Waals surface area contributed by atoms with E-state index >= 15 is 0 Å². The second-order valence-electron chi connectivity index (χ2n) is 7.37. The molecule has 0 aliphatic carbocycles. The molecule has 1 aliphatic heterocycles. The molecular formula is C23H25N3O2. The molecule has 144 valence electrons. The average molecular weight is 375 g/mol. The van der Waals surface area contributed by atoms with Crippen LogP contribution in [0, 0.1) is 0 Å². The fraction of sp³-hybridized carbons (Fsp3) is 0.304. The molecule has 1 aliphatic rings. The molecule has 0 radical (unpaired) electrons. The van der Waals surface area contributed by atoms with Crippen LogP contribution in [0.5, 0.6) is 5.75 Å². The number of benzene rings is 2. The van der Waals surface area contributed by atoms with Crippen molar-refractivity contribution in [1.82, 2.24) is 9.88 Å². The Bertz CT molecular complexity index is 989. The minimum atomic E-state index is -0.190. The average Bonchev–Trinajstić information content (AvgIpc) is 2.74. The number of nitrogens with zero attached hydrogens (tertiary/aromatic N) is 2. The summed E-state index contributed by atoms with van der Waals surface area (Å²) in [5, 5.41) is 3.98. The number of aromatic nitrogens is 1. The number of hydrogen-bond donors (Lipinski definition) is 1. The quantitative estimate of drug-likeness (QED) is 0.738. The van der Waals surface area contributed by atoms with Crippen molar-refractivity contribution in [1.29, 1.82) is 0 Å². The van der Waals surface area contributed by atoms with Crippen LogP contribution in [0.3, 0.4) is 0 Å². The monoisotopic (exact) mass is 375 g/mol. The second kappa shape index (κ2) is 7.98. The van der Waals surface area contributed by atoms with Crippen LogP contribution in [0.4, 0.5) is 5.69 Å². The van der Waals surface area contributed by atoms with Gasteiger partial charge in [0.2, 0.25) is 0 Å². The van der Waals surface area contributed by atoms with Gasteiger partial charge in [0.15, 0.2) is 0 Å². The topological polar surface area (TPSA) is 54.5 Å². The zero-order valence-electron chi connectivity index (χ0n) is 16.3. The largest absolute Gasteiger partial charge is 0.496 e. The Balaban J connectivity index is 1.58. The van der Waals surface area contributed by atoms with Crippen molar-refractivity contribution in [3.63, 3.8) is 0 Å². The Morgan fingerprint density at radius 3 is 2.71 bits per heavy atom. The summed E-state index contributed by atoms with van der Waals surface area (Å²) in [6.45, 7) is 2.20. The Hall–Kier alpha value is -2.92. The highest BCUT2D eigenvalue weighted by molar-refractivity contribution is 6.09. The van der Waals surface area contributed by atoms with Crippen molar-refractivity contribution >= 4 is 22.5 Å². The zero-order valence-corrected chi connectivity index (χ0v) is 16.3. The first-order valence-electron chi connectivity index (χ1n) is 9.67. The Kier molecular flexibility index (Phi) is 5.26. The van der Waals surface area contributed by atoms with Crippen LogP contribution in [0.25, 0.3) is 10.9 Å².